The van der Waals surface area contributed by atoms with Crippen LogP contribution in [-0.2, 0) is 0 Å². The third-order valence-electron chi connectivity index (χ3n) is 3.90. The quantitative estimate of drug-likeness (QED) is 0.574. The molecule has 0 aliphatic heterocycles. The molecule has 0 amide bonds. The Bertz CT molecular complexity index is 699. The van der Waals surface area contributed by atoms with Crippen LogP contribution in [0.2, 0.25) is 10.0 Å². The molecule has 1 atom stereocenters. The topological polar surface area (TPSA) is 24.1 Å². The van der Waals surface area contributed by atoms with Gasteiger partial charge in [0.2, 0.25) is 0 Å². The Hall–Kier alpha value is -1.29. The maximum atomic E-state index is 6.03. The number of rotatable bonds is 5. The third-order valence-corrected chi connectivity index (χ3v) is 4.86. The van der Waals surface area contributed by atoms with Gasteiger partial charge in [-0.25, -0.2) is 0 Å². The van der Waals surface area contributed by atoms with Gasteiger partial charge >= 0.3 is 0 Å². The summed E-state index contributed by atoms with van der Waals surface area (Å²) in [6.45, 7) is 6.53. The number of hydrogen-bond donors (Lipinski definition) is 2. The first-order valence-electron chi connectivity index (χ1n) is 8.03. The van der Waals surface area contributed by atoms with E-state index < -0.39 is 0 Å². The fourth-order valence-corrected chi connectivity index (χ4v) is 2.99. The van der Waals surface area contributed by atoms with E-state index in [1.807, 2.05) is 6.07 Å². The van der Waals surface area contributed by atoms with E-state index in [9.17, 15) is 0 Å². The number of benzene rings is 2. The zero-order valence-electron chi connectivity index (χ0n) is 14.1. The molecule has 0 aromatic heterocycles. The van der Waals surface area contributed by atoms with Crippen molar-refractivity contribution >= 4 is 46.2 Å². The summed E-state index contributed by atoms with van der Waals surface area (Å²) in [6.07, 6.45) is 0.935. The molecule has 128 valence electrons. The molecule has 0 saturated heterocycles. The lowest BCUT2D eigenvalue weighted by Crippen LogP contribution is -2.32. The van der Waals surface area contributed by atoms with Crippen molar-refractivity contribution in [3.63, 3.8) is 0 Å². The average molecular weight is 381 g/mol. The second kappa shape index (κ2) is 8.70. The fourth-order valence-electron chi connectivity index (χ4n) is 2.43. The summed E-state index contributed by atoms with van der Waals surface area (Å²) in [4.78, 5) is 0. The molecular formula is C19H22Cl2N2S. The highest BCUT2D eigenvalue weighted by Crippen LogP contribution is 2.25. The van der Waals surface area contributed by atoms with Crippen LogP contribution in [0.3, 0.4) is 0 Å². The predicted octanol–water partition coefficient (Wildman–Crippen LogP) is 6.55. The van der Waals surface area contributed by atoms with Crippen LogP contribution in [0.15, 0.2) is 42.5 Å². The maximum Gasteiger partial charge on any atom is 0.171 e. The molecule has 0 aliphatic carbocycles. The van der Waals surface area contributed by atoms with Crippen LogP contribution in [0.4, 0.5) is 5.69 Å². The van der Waals surface area contributed by atoms with Gasteiger partial charge in [0, 0.05) is 5.69 Å². The smallest absolute Gasteiger partial charge is 0.171 e. The highest BCUT2D eigenvalue weighted by atomic mass is 35.5. The van der Waals surface area contributed by atoms with Gasteiger partial charge in [0.1, 0.15) is 0 Å². The van der Waals surface area contributed by atoms with Gasteiger partial charge < -0.3 is 10.6 Å². The summed E-state index contributed by atoms with van der Waals surface area (Å²) in [5, 5.41) is 8.10. The van der Waals surface area contributed by atoms with Gasteiger partial charge in [0.15, 0.2) is 5.11 Å². The van der Waals surface area contributed by atoms with Gasteiger partial charge in [-0.3, -0.25) is 0 Å². The van der Waals surface area contributed by atoms with Crippen molar-refractivity contribution in [1.29, 1.82) is 0 Å². The van der Waals surface area contributed by atoms with Crippen molar-refractivity contribution in [3.8, 4) is 0 Å². The summed E-state index contributed by atoms with van der Waals surface area (Å²) in [5.74, 6) is 0.532. The third kappa shape index (κ3) is 5.10. The van der Waals surface area contributed by atoms with E-state index in [1.165, 1.54) is 11.1 Å². The monoisotopic (exact) mass is 380 g/mol. The van der Waals surface area contributed by atoms with E-state index in [4.69, 9.17) is 35.4 Å². The molecule has 2 aromatic carbocycles. The average Bonchev–Trinajstić information content (AvgIpc) is 2.56. The molecule has 24 heavy (non-hydrogen) atoms. The van der Waals surface area contributed by atoms with E-state index in [2.05, 4.69) is 55.7 Å². The van der Waals surface area contributed by atoms with Crippen LogP contribution in [0.5, 0.6) is 0 Å². The molecule has 0 radical (unpaired) electrons. The lowest BCUT2D eigenvalue weighted by atomic mass is 9.98. The summed E-state index contributed by atoms with van der Waals surface area (Å²) in [5.41, 5.74) is 3.37. The molecule has 0 fully saturated rings. The number of thiocarbonyl (C=S) groups is 1. The van der Waals surface area contributed by atoms with Gasteiger partial charge in [0.05, 0.1) is 16.1 Å². The zero-order chi connectivity index (χ0) is 17.7. The summed E-state index contributed by atoms with van der Waals surface area (Å²) < 4.78 is 0. The Morgan fingerprint density at radius 1 is 1.00 bits per heavy atom. The zero-order valence-corrected chi connectivity index (χ0v) is 16.4. The number of nitrogens with one attached hydrogen (secondary N) is 2. The molecular weight excluding hydrogens is 359 g/mol. The highest BCUT2D eigenvalue weighted by Gasteiger charge is 2.11. The Labute approximate surface area is 159 Å². The molecule has 0 aliphatic rings. The number of anilines is 1. The molecule has 1 unspecified atom stereocenters. The summed E-state index contributed by atoms with van der Waals surface area (Å²) in [6, 6.07) is 14.2. The van der Waals surface area contributed by atoms with Crippen LogP contribution < -0.4 is 10.6 Å². The van der Waals surface area contributed by atoms with E-state index in [0.717, 1.165) is 12.1 Å². The van der Waals surface area contributed by atoms with Crippen molar-refractivity contribution in [1.82, 2.24) is 5.32 Å². The van der Waals surface area contributed by atoms with Crippen LogP contribution in [0.25, 0.3) is 0 Å². The summed E-state index contributed by atoms with van der Waals surface area (Å²) in [7, 11) is 0. The Morgan fingerprint density at radius 2 is 1.62 bits per heavy atom. The maximum absolute atomic E-state index is 6.03. The van der Waals surface area contributed by atoms with Gasteiger partial charge in [-0.05, 0) is 53.9 Å². The van der Waals surface area contributed by atoms with Gasteiger partial charge in [-0.15, -0.1) is 0 Å². The van der Waals surface area contributed by atoms with Gasteiger partial charge in [-0.1, -0.05) is 68.2 Å². The first-order chi connectivity index (χ1) is 11.4. The van der Waals surface area contributed by atoms with Crippen LogP contribution >= 0.6 is 35.4 Å². The summed E-state index contributed by atoms with van der Waals surface area (Å²) >= 11 is 17.4. The Kier molecular flexibility index (Phi) is 6.90. The van der Waals surface area contributed by atoms with Gasteiger partial charge in [-0.2, -0.15) is 0 Å². The molecule has 2 aromatic rings. The normalized spacial score (nSPS) is 12.1. The molecule has 2 nitrogen and oxygen atoms in total. The van der Waals surface area contributed by atoms with Crippen LogP contribution in [0, 0.1) is 0 Å². The van der Waals surface area contributed by atoms with Crippen molar-refractivity contribution in [2.24, 2.45) is 0 Å². The van der Waals surface area contributed by atoms with Crippen molar-refractivity contribution in [2.75, 3.05) is 5.32 Å². The van der Waals surface area contributed by atoms with Gasteiger partial charge in [0.25, 0.3) is 0 Å². The van der Waals surface area contributed by atoms with E-state index in [-0.39, 0.29) is 6.04 Å². The van der Waals surface area contributed by atoms with Crippen molar-refractivity contribution in [3.05, 3.63) is 63.6 Å². The lowest BCUT2D eigenvalue weighted by Gasteiger charge is -2.21. The minimum Gasteiger partial charge on any atom is -0.356 e. The lowest BCUT2D eigenvalue weighted by molar-refractivity contribution is 0.628. The minimum absolute atomic E-state index is 0.161. The molecule has 5 heteroatoms. The first-order valence-corrected chi connectivity index (χ1v) is 9.19. The first kappa shape index (κ1) is 19.0. The van der Waals surface area contributed by atoms with Crippen molar-refractivity contribution in [2.45, 2.75) is 39.2 Å². The molecule has 0 bridgehead atoms. The Morgan fingerprint density at radius 3 is 2.17 bits per heavy atom. The number of hydrogen-bond acceptors (Lipinski definition) is 1. The predicted molar refractivity (Wildman–Crippen MR) is 109 cm³/mol. The molecule has 0 spiro atoms. The van der Waals surface area contributed by atoms with E-state index >= 15 is 0 Å². The van der Waals surface area contributed by atoms with E-state index in [0.29, 0.717) is 21.1 Å². The molecule has 2 rings (SSSR count). The fraction of sp³-hybridized carbons (Fsp3) is 0.316. The number of halogens is 2. The van der Waals surface area contributed by atoms with Crippen molar-refractivity contribution < 1.29 is 0 Å². The minimum atomic E-state index is 0.161. The second-order valence-electron chi connectivity index (χ2n) is 6.01. The molecule has 0 heterocycles. The van der Waals surface area contributed by atoms with E-state index in [1.54, 1.807) is 12.1 Å². The largest absolute Gasteiger partial charge is 0.356 e. The van der Waals surface area contributed by atoms with Crippen LogP contribution in [0.1, 0.15) is 50.3 Å². The highest BCUT2D eigenvalue weighted by molar-refractivity contribution is 7.80. The van der Waals surface area contributed by atoms with Crippen LogP contribution in [-0.4, -0.2) is 5.11 Å². The molecule has 0 saturated carbocycles. The SMILES string of the molecule is CCC(NC(=S)Nc1ccc(Cl)c(Cl)c1)c1ccc(C(C)C)cc1. The standard InChI is InChI=1S/C19H22Cl2N2S/c1-4-18(14-7-5-13(6-8-14)12(2)3)23-19(24)22-15-9-10-16(20)17(21)11-15/h5-12,18H,4H2,1-3H3,(H2,22,23,24). The second-order valence-corrected chi connectivity index (χ2v) is 7.23. The molecule has 2 N–H and O–H groups in total. The Balaban J connectivity index is 2.03.